The van der Waals surface area contributed by atoms with E-state index in [1.165, 1.54) is 11.8 Å². The molecular weight excluding hydrogens is 298 g/mol. The van der Waals surface area contributed by atoms with Crippen LogP contribution in [0.4, 0.5) is 11.4 Å². The lowest BCUT2D eigenvalue weighted by molar-refractivity contribution is -0.119. The molecule has 1 aromatic carbocycles. The minimum Gasteiger partial charge on any atom is -0.326 e. The number of rotatable bonds is 2. The van der Waals surface area contributed by atoms with Crippen molar-refractivity contribution in [1.29, 1.82) is 0 Å². The van der Waals surface area contributed by atoms with Gasteiger partial charge in [0.2, 0.25) is 11.8 Å². The standard InChI is InChI=1S/C13H15N3O2S.ClH/c17-12-7-19-11-2-1-9(5-10(11)16-12)15-13(18)8-3-4-14-6-8;/h1-2,5,8,14H,3-4,6-7H2,(H,15,18)(H,16,17);1H. The summed E-state index contributed by atoms with van der Waals surface area (Å²) in [6.45, 7) is 1.64. The molecule has 0 aliphatic carbocycles. The van der Waals surface area contributed by atoms with Gasteiger partial charge in [-0.15, -0.1) is 24.2 Å². The van der Waals surface area contributed by atoms with E-state index < -0.39 is 0 Å². The molecule has 2 heterocycles. The minimum absolute atomic E-state index is 0. The number of benzene rings is 1. The van der Waals surface area contributed by atoms with Gasteiger partial charge in [-0.2, -0.15) is 0 Å². The maximum Gasteiger partial charge on any atom is 0.234 e. The summed E-state index contributed by atoms with van der Waals surface area (Å²) in [4.78, 5) is 24.4. The fraction of sp³-hybridized carbons (Fsp3) is 0.385. The molecular formula is C13H16ClN3O2S. The molecule has 1 atom stereocenters. The lowest BCUT2D eigenvalue weighted by Gasteiger charge is -2.18. The second-order valence-electron chi connectivity index (χ2n) is 4.73. The van der Waals surface area contributed by atoms with E-state index in [1.54, 1.807) is 0 Å². The Morgan fingerprint density at radius 3 is 3.00 bits per heavy atom. The summed E-state index contributed by atoms with van der Waals surface area (Å²) in [5.74, 6) is 0.535. The molecule has 0 radical (unpaired) electrons. The van der Waals surface area contributed by atoms with Gasteiger partial charge in [-0.05, 0) is 31.2 Å². The van der Waals surface area contributed by atoms with Crippen molar-refractivity contribution in [3.8, 4) is 0 Å². The number of fused-ring (bicyclic) bond motifs is 1. The first kappa shape index (κ1) is 15.2. The zero-order chi connectivity index (χ0) is 13.2. The number of carbonyl (C=O) groups is 2. The fourth-order valence-corrected chi connectivity index (χ4v) is 3.07. The highest BCUT2D eigenvalue weighted by Crippen LogP contribution is 2.33. The number of halogens is 1. The molecule has 0 aromatic heterocycles. The Morgan fingerprint density at radius 1 is 1.40 bits per heavy atom. The van der Waals surface area contributed by atoms with Crippen molar-refractivity contribution in [3.05, 3.63) is 18.2 Å². The van der Waals surface area contributed by atoms with Gasteiger partial charge in [0.1, 0.15) is 0 Å². The van der Waals surface area contributed by atoms with Crippen LogP contribution in [0.15, 0.2) is 23.1 Å². The molecule has 2 amide bonds. The molecule has 1 fully saturated rings. The molecule has 2 aliphatic heterocycles. The van der Waals surface area contributed by atoms with E-state index in [1.807, 2.05) is 18.2 Å². The van der Waals surface area contributed by atoms with Crippen molar-refractivity contribution in [2.75, 3.05) is 29.5 Å². The van der Waals surface area contributed by atoms with Gasteiger partial charge >= 0.3 is 0 Å². The monoisotopic (exact) mass is 313 g/mol. The van der Waals surface area contributed by atoms with Crippen LogP contribution in [0.25, 0.3) is 0 Å². The molecule has 3 N–H and O–H groups in total. The highest BCUT2D eigenvalue weighted by molar-refractivity contribution is 8.00. The number of carbonyl (C=O) groups excluding carboxylic acids is 2. The van der Waals surface area contributed by atoms with Gasteiger partial charge in [0.05, 0.1) is 17.4 Å². The van der Waals surface area contributed by atoms with Crippen molar-refractivity contribution < 1.29 is 9.59 Å². The highest BCUT2D eigenvalue weighted by Gasteiger charge is 2.23. The van der Waals surface area contributed by atoms with E-state index in [0.717, 1.165) is 35.8 Å². The third kappa shape index (κ3) is 3.26. The zero-order valence-corrected chi connectivity index (χ0v) is 12.4. The third-order valence-electron chi connectivity index (χ3n) is 3.31. The van der Waals surface area contributed by atoms with Crippen LogP contribution in [-0.2, 0) is 9.59 Å². The molecule has 1 saturated heterocycles. The summed E-state index contributed by atoms with van der Waals surface area (Å²) in [6.07, 6.45) is 0.878. The number of anilines is 2. The second-order valence-corrected chi connectivity index (χ2v) is 5.74. The van der Waals surface area contributed by atoms with Gasteiger partial charge in [-0.3, -0.25) is 9.59 Å². The maximum atomic E-state index is 12.0. The summed E-state index contributed by atoms with van der Waals surface area (Å²) in [5.41, 5.74) is 1.52. The van der Waals surface area contributed by atoms with Crippen molar-refractivity contribution >= 4 is 47.4 Å². The second kappa shape index (κ2) is 6.47. The van der Waals surface area contributed by atoms with E-state index in [9.17, 15) is 9.59 Å². The van der Waals surface area contributed by atoms with Gasteiger partial charge in [-0.25, -0.2) is 0 Å². The lowest BCUT2D eigenvalue weighted by atomic mass is 10.1. The Bertz CT molecular complexity index is 532. The first-order valence-corrected chi connectivity index (χ1v) is 7.29. The zero-order valence-electron chi connectivity index (χ0n) is 10.8. The largest absolute Gasteiger partial charge is 0.326 e. The Labute approximate surface area is 127 Å². The van der Waals surface area contributed by atoms with E-state index in [2.05, 4.69) is 16.0 Å². The van der Waals surface area contributed by atoms with Crippen LogP contribution in [0, 0.1) is 5.92 Å². The van der Waals surface area contributed by atoms with Gasteiger partial charge < -0.3 is 16.0 Å². The first-order chi connectivity index (χ1) is 9.22. The van der Waals surface area contributed by atoms with Crippen LogP contribution in [0.5, 0.6) is 0 Å². The summed E-state index contributed by atoms with van der Waals surface area (Å²) in [5, 5.41) is 8.90. The third-order valence-corrected chi connectivity index (χ3v) is 4.38. The van der Waals surface area contributed by atoms with Crippen molar-refractivity contribution in [3.63, 3.8) is 0 Å². The summed E-state index contributed by atoms with van der Waals surface area (Å²) in [7, 11) is 0. The van der Waals surface area contributed by atoms with Crippen molar-refractivity contribution in [1.82, 2.24) is 5.32 Å². The average molecular weight is 314 g/mol. The average Bonchev–Trinajstić information content (AvgIpc) is 2.92. The Morgan fingerprint density at radius 2 is 2.25 bits per heavy atom. The molecule has 0 saturated carbocycles. The summed E-state index contributed by atoms with van der Waals surface area (Å²) >= 11 is 1.51. The fourth-order valence-electron chi connectivity index (χ4n) is 2.28. The molecule has 2 aliphatic rings. The van der Waals surface area contributed by atoms with Crippen LogP contribution in [-0.4, -0.2) is 30.7 Å². The quantitative estimate of drug-likeness (QED) is 0.777. The predicted molar refractivity (Wildman–Crippen MR) is 82.7 cm³/mol. The van der Waals surface area contributed by atoms with E-state index in [0.29, 0.717) is 5.75 Å². The van der Waals surface area contributed by atoms with Gasteiger partial charge in [0, 0.05) is 17.1 Å². The molecule has 108 valence electrons. The number of nitrogens with one attached hydrogen (secondary N) is 3. The molecule has 0 spiro atoms. The van der Waals surface area contributed by atoms with Crippen LogP contribution < -0.4 is 16.0 Å². The lowest BCUT2D eigenvalue weighted by Crippen LogP contribution is -2.25. The first-order valence-electron chi connectivity index (χ1n) is 6.30. The van der Waals surface area contributed by atoms with E-state index in [-0.39, 0.29) is 30.1 Å². The number of hydrogen-bond donors (Lipinski definition) is 3. The number of hydrogen-bond acceptors (Lipinski definition) is 4. The Balaban J connectivity index is 0.00000147. The normalized spacial score (nSPS) is 20.6. The number of thioether (sulfide) groups is 1. The van der Waals surface area contributed by atoms with E-state index in [4.69, 9.17) is 0 Å². The van der Waals surface area contributed by atoms with Crippen molar-refractivity contribution in [2.24, 2.45) is 5.92 Å². The number of amides is 2. The topological polar surface area (TPSA) is 70.2 Å². The van der Waals surface area contributed by atoms with Crippen LogP contribution in [0.2, 0.25) is 0 Å². The smallest absolute Gasteiger partial charge is 0.234 e. The minimum atomic E-state index is 0. The molecule has 7 heteroatoms. The predicted octanol–water partition coefficient (Wildman–Crippen LogP) is 1.70. The Kier molecular flexibility index (Phi) is 4.91. The van der Waals surface area contributed by atoms with Gasteiger partial charge in [-0.1, -0.05) is 0 Å². The summed E-state index contributed by atoms with van der Waals surface area (Å²) in [6, 6.07) is 5.63. The molecule has 5 nitrogen and oxygen atoms in total. The Hall–Kier alpha value is -1.24. The van der Waals surface area contributed by atoms with Crippen molar-refractivity contribution in [2.45, 2.75) is 11.3 Å². The highest BCUT2D eigenvalue weighted by atomic mass is 35.5. The van der Waals surface area contributed by atoms with Crippen LogP contribution in [0.1, 0.15) is 6.42 Å². The molecule has 20 heavy (non-hydrogen) atoms. The van der Waals surface area contributed by atoms with Crippen LogP contribution >= 0.6 is 24.2 Å². The maximum absolute atomic E-state index is 12.0. The molecule has 0 bridgehead atoms. The molecule has 1 aromatic rings. The molecule has 1 unspecified atom stereocenters. The van der Waals surface area contributed by atoms with Gasteiger partial charge in [0.25, 0.3) is 0 Å². The SMILES string of the molecule is Cl.O=C1CSc2ccc(NC(=O)C3CCNC3)cc2N1. The molecule has 3 rings (SSSR count). The van der Waals surface area contributed by atoms with Gasteiger partial charge in [0.15, 0.2) is 0 Å². The summed E-state index contributed by atoms with van der Waals surface area (Å²) < 4.78 is 0. The van der Waals surface area contributed by atoms with E-state index >= 15 is 0 Å². The van der Waals surface area contributed by atoms with Crippen LogP contribution in [0.3, 0.4) is 0 Å².